The molecular formula is C20H30N4O2S. The molecule has 0 unspecified atom stereocenters. The number of pyridine rings is 1. The summed E-state index contributed by atoms with van der Waals surface area (Å²) in [6, 6.07) is 7.94. The van der Waals surface area contributed by atoms with Crippen molar-refractivity contribution in [2.45, 2.75) is 26.3 Å². The Balaban J connectivity index is 2.11. The Bertz CT molecular complexity index is 819. The number of nitrogens with zero attached hydrogens (tertiary/aromatic N) is 2. The quantitative estimate of drug-likeness (QED) is 0.448. The third-order valence-electron chi connectivity index (χ3n) is 4.37. The molecule has 0 aliphatic rings. The number of aromatic amines is 1. The van der Waals surface area contributed by atoms with E-state index in [1.165, 1.54) is 0 Å². The summed E-state index contributed by atoms with van der Waals surface area (Å²) in [4.78, 5) is 19.6. The van der Waals surface area contributed by atoms with E-state index in [1.807, 2.05) is 50.2 Å². The number of nitrogens with one attached hydrogen (secondary N) is 2. The minimum Gasteiger partial charge on any atom is -0.396 e. The summed E-state index contributed by atoms with van der Waals surface area (Å²) in [5, 5.41) is 14.1. The van der Waals surface area contributed by atoms with Crippen molar-refractivity contribution in [1.82, 2.24) is 20.1 Å². The number of fused-ring (bicyclic) bond motifs is 1. The fourth-order valence-electron chi connectivity index (χ4n) is 2.90. The van der Waals surface area contributed by atoms with E-state index >= 15 is 0 Å². The number of rotatable bonds is 9. The molecule has 3 N–H and O–H groups in total. The van der Waals surface area contributed by atoms with Crippen molar-refractivity contribution >= 4 is 28.2 Å². The summed E-state index contributed by atoms with van der Waals surface area (Å²) in [5.74, 6) is 0. The van der Waals surface area contributed by atoms with Crippen LogP contribution in [-0.4, -0.2) is 65.3 Å². The number of thiocarbonyl (C=S) groups is 1. The van der Waals surface area contributed by atoms with E-state index in [0.29, 0.717) is 30.2 Å². The normalized spacial score (nSPS) is 11.1. The highest BCUT2D eigenvalue weighted by Gasteiger charge is 2.13. The van der Waals surface area contributed by atoms with Crippen LogP contribution in [0, 0.1) is 6.92 Å². The Morgan fingerprint density at radius 2 is 2.00 bits per heavy atom. The molecule has 0 aliphatic carbocycles. The fraction of sp³-hybridized carbons (Fsp3) is 0.500. The summed E-state index contributed by atoms with van der Waals surface area (Å²) >= 11 is 5.53. The van der Waals surface area contributed by atoms with Crippen LogP contribution in [0.5, 0.6) is 0 Å². The predicted octanol–water partition coefficient (Wildman–Crippen LogP) is 1.85. The van der Waals surface area contributed by atoms with Crippen molar-refractivity contribution < 1.29 is 5.11 Å². The molecule has 1 aromatic heterocycles. The maximum atomic E-state index is 12.5. The van der Waals surface area contributed by atoms with Crippen molar-refractivity contribution in [3.63, 3.8) is 0 Å². The van der Waals surface area contributed by atoms with Gasteiger partial charge in [-0.15, -0.1) is 0 Å². The fourth-order valence-corrected chi connectivity index (χ4v) is 3.16. The summed E-state index contributed by atoms with van der Waals surface area (Å²) in [5.41, 5.74) is 2.52. The molecule has 7 heteroatoms. The topological polar surface area (TPSA) is 71.6 Å². The first-order chi connectivity index (χ1) is 12.9. The lowest BCUT2D eigenvalue weighted by molar-refractivity contribution is 0.264. The lowest BCUT2D eigenvalue weighted by Crippen LogP contribution is -2.41. The van der Waals surface area contributed by atoms with E-state index < -0.39 is 0 Å². The zero-order valence-electron chi connectivity index (χ0n) is 16.4. The van der Waals surface area contributed by atoms with Crippen molar-refractivity contribution in [1.29, 1.82) is 0 Å². The molecule has 2 rings (SSSR count). The lowest BCUT2D eigenvalue weighted by Gasteiger charge is -2.26. The minimum atomic E-state index is -0.0995. The smallest absolute Gasteiger partial charge is 0.253 e. The first-order valence-corrected chi connectivity index (χ1v) is 9.72. The molecule has 0 saturated carbocycles. The Labute approximate surface area is 166 Å². The molecule has 0 saturated heterocycles. The van der Waals surface area contributed by atoms with Gasteiger partial charge in [0.05, 0.1) is 6.54 Å². The molecule has 0 bridgehead atoms. The molecule has 1 aromatic carbocycles. The highest BCUT2D eigenvalue weighted by Crippen LogP contribution is 2.14. The van der Waals surface area contributed by atoms with Gasteiger partial charge in [0, 0.05) is 30.8 Å². The molecule has 1 heterocycles. The molecule has 0 fully saturated rings. The van der Waals surface area contributed by atoms with Crippen LogP contribution in [0.25, 0.3) is 10.9 Å². The van der Waals surface area contributed by atoms with Crippen LogP contribution in [0.1, 0.15) is 24.0 Å². The van der Waals surface area contributed by atoms with Gasteiger partial charge in [-0.2, -0.15) is 0 Å². The first-order valence-electron chi connectivity index (χ1n) is 9.31. The van der Waals surface area contributed by atoms with Gasteiger partial charge < -0.3 is 25.2 Å². The van der Waals surface area contributed by atoms with E-state index in [1.54, 1.807) is 0 Å². The second kappa shape index (κ2) is 10.4. The van der Waals surface area contributed by atoms with Crippen molar-refractivity contribution in [2.24, 2.45) is 0 Å². The van der Waals surface area contributed by atoms with Gasteiger partial charge in [-0.3, -0.25) is 4.79 Å². The number of hydrogen-bond donors (Lipinski definition) is 3. The van der Waals surface area contributed by atoms with Crippen LogP contribution < -0.4 is 10.9 Å². The van der Waals surface area contributed by atoms with Crippen LogP contribution >= 0.6 is 12.2 Å². The number of H-pyrrole nitrogens is 1. The van der Waals surface area contributed by atoms with E-state index in [-0.39, 0.29) is 12.2 Å². The van der Waals surface area contributed by atoms with Gasteiger partial charge in [0.15, 0.2) is 5.11 Å². The Morgan fingerprint density at radius 3 is 2.70 bits per heavy atom. The van der Waals surface area contributed by atoms with Crippen LogP contribution in [0.15, 0.2) is 29.1 Å². The van der Waals surface area contributed by atoms with E-state index in [0.717, 1.165) is 36.0 Å². The zero-order valence-corrected chi connectivity index (χ0v) is 17.2. The molecule has 0 amide bonds. The Kier molecular flexibility index (Phi) is 8.22. The third kappa shape index (κ3) is 6.61. The largest absolute Gasteiger partial charge is 0.396 e. The predicted molar refractivity (Wildman–Crippen MR) is 115 cm³/mol. The van der Waals surface area contributed by atoms with Crippen LogP contribution in [0.4, 0.5) is 0 Å². The van der Waals surface area contributed by atoms with Gasteiger partial charge >= 0.3 is 0 Å². The molecule has 148 valence electrons. The van der Waals surface area contributed by atoms with Crippen molar-refractivity contribution in [3.05, 3.63) is 45.7 Å². The monoisotopic (exact) mass is 390 g/mol. The van der Waals surface area contributed by atoms with Gasteiger partial charge in [0.1, 0.15) is 0 Å². The molecule has 27 heavy (non-hydrogen) atoms. The standard InChI is InChI=1S/C20H30N4O2S/c1-15-6-7-16-13-17(19(26)22-18(16)12-15)14-24(10-5-11-25)20(27)21-8-4-9-23(2)3/h6-7,12-13,25H,4-5,8-11,14H2,1-3H3,(H,21,27)(H,22,26). The number of aromatic nitrogens is 1. The highest BCUT2D eigenvalue weighted by molar-refractivity contribution is 7.80. The maximum absolute atomic E-state index is 12.5. The number of aryl methyl sites for hydroxylation is 1. The second-order valence-corrected chi connectivity index (χ2v) is 7.49. The molecule has 6 nitrogen and oxygen atoms in total. The number of hydrogen-bond acceptors (Lipinski definition) is 4. The van der Waals surface area contributed by atoms with Crippen LogP contribution in [0.2, 0.25) is 0 Å². The van der Waals surface area contributed by atoms with E-state index in [4.69, 9.17) is 12.2 Å². The maximum Gasteiger partial charge on any atom is 0.253 e. The van der Waals surface area contributed by atoms with E-state index in [9.17, 15) is 9.90 Å². The average molecular weight is 391 g/mol. The molecule has 0 spiro atoms. The average Bonchev–Trinajstić information content (AvgIpc) is 2.62. The highest BCUT2D eigenvalue weighted by atomic mass is 32.1. The summed E-state index contributed by atoms with van der Waals surface area (Å²) in [6.07, 6.45) is 1.58. The van der Waals surface area contributed by atoms with Crippen LogP contribution in [-0.2, 0) is 6.54 Å². The summed E-state index contributed by atoms with van der Waals surface area (Å²) < 4.78 is 0. The SMILES string of the molecule is Cc1ccc2cc(CN(CCCO)C(=S)NCCCN(C)C)c(=O)[nH]c2c1. The van der Waals surface area contributed by atoms with E-state index in [2.05, 4.69) is 15.2 Å². The Hall–Kier alpha value is -1.96. The van der Waals surface area contributed by atoms with Crippen molar-refractivity contribution in [3.8, 4) is 0 Å². The number of aliphatic hydroxyl groups is 1. The minimum absolute atomic E-state index is 0.0904. The van der Waals surface area contributed by atoms with Crippen molar-refractivity contribution in [2.75, 3.05) is 40.3 Å². The Morgan fingerprint density at radius 1 is 1.22 bits per heavy atom. The van der Waals surface area contributed by atoms with Gasteiger partial charge in [-0.25, -0.2) is 0 Å². The molecule has 0 atom stereocenters. The third-order valence-corrected chi connectivity index (χ3v) is 4.77. The lowest BCUT2D eigenvalue weighted by atomic mass is 10.1. The second-order valence-electron chi connectivity index (χ2n) is 7.10. The zero-order chi connectivity index (χ0) is 19.8. The van der Waals surface area contributed by atoms with Gasteiger partial charge in [-0.1, -0.05) is 12.1 Å². The molecule has 0 radical (unpaired) electrons. The summed E-state index contributed by atoms with van der Waals surface area (Å²) in [6.45, 7) is 4.87. The summed E-state index contributed by atoms with van der Waals surface area (Å²) in [7, 11) is 4.08. The number of aliphatic hydroxyl groups excluding tert-OH is 1. The molecule has 0 aliphatic heterocycles. The van der Waals surface area contributed by atoms with Gasteiger partial charge in [-0.05, 0) is 75.7 Å². The first kappa shape index (κ1) is 21.3. The molecular weight excluding hydrogens is 360 g/mol. The van der Waals surface area contributed by atoms with Crippen LogP contribution in [0.3, 0.4) is 0 Å². The molecule has 2 aromatic rings. The van der Waals surface area contributed by atoms with Gasteiger partial charge in [0.25, 0.3) is 5.56 Å². The number of benzene rings is 1. The van der Waals surface area contributed by atoms with Gasteiger partial charge in [0.2, 0.25) is 0 Å².